The van der Waals surface area contributed by atoms with Crippen LogP contribution in [-0.4, -0.2) is 32.5 Å². The molecule has 0 N–H and O–H groups in total. The summed E-state index contributed by atoms with van der Waals surface area (Å²) in [5.41, 5.74) is 2.49. The van der Waals surface area contributed by atoms with Gasteiger partial charge in [-0.25, -0.2) is 4.68 Å². The number of hydrogen-bond acceptors (Lipinski definition) is 4. The van der Waals surface area contributed by atoms with Crippen molar-refractivity contribution in [2.24, 2.45) is 7.05 Å². The zero-order valence-corrected chi connectivity index (χ0v) is 14.5. The number of diazo groups is 1. The van der Waals surface area contributed by atoms with E-state index in [1.807, 2.05) is 43.3 Å². The summed E-state index contributed by atoms with van der Waals surface area (Å²) in [6.07, 6.45) is 0. The maximum atomic E-state index is 13.0. The van der Waals surface area contributed by atoms with Gasteiger partial charge in [-0.05, 0) is 26.0 Å². The molecule has 8 heteroatoms. The van der Waals surface area contributed by atoms with Crippen LogP contribution in [0.5, 0.6) is 0 Å². The van der Waals surface area contributed by atoms with Crippen LogP contribution in [0.3, 0.4) is 0 Å². The van der Waals surface area contributed by atoms with Crippen molar-refractivity contribution < 1.29 is 4.79 Å². The number of carbonyl (C=O) groups excluding carboxylic acids is 1. The zero-order valence-electron chi connectivity index (χ0n) is 14.5. The summed E-state index contributed by atoms with van der Waals surface area (Å²) in [7, 11) is 3.30. The number of aromatic nitrogens is 4. The molecule has 0 saturated heterocycles. The van der Waals surface area contributed by atoms with Gasteiger partial charge in [-0.15, -0.1) is 0 Å². The maximum Gasteiger partial charge on any atom is 0.438 e. The molecule has 0 saturated carbocycles. The SMILES string of the molecule is Cc1cc(N(C)C(=O)c2c([N+]#N)c(C)nn2C)n(-c2ccccc2)n1. The Bertz CT molecular complexity index is 979. The number of rotatable bonds is 3. The summed E-state index contributed by atoms with van der Waals surface area (Å²) in [6.45, 7) is 3.55. The highest BCUT2D eigenvalue weighted by molar-refractivity contribution is 6.08. The highest BCUT2D eigenvalue weighted by Gasteiger charge is 2.33. The van der Waals surface area contributed by atoms with Crippen LogP contribution in [0.15, 0.2) is 36.4 Å². The highest BCUT2D eigenvalue weighted by Crippen LogP contribution is 2.27. The molecule has 1 aromatic carbocycles. The fourth-order valence-corrected chi connectivity index (χ4v) is 2.75. The number of carbonyl (C=O) groups is 1. The summed E-state index contributed by atoms with van der Waals surface area (Å²) >= 11 is 0. The Hall–Kier alpha value is -3.47. The van der Waals surface area contributed by atoms with Crippen molar-refractivity contribution in [3.05, 3.63) is 58.5 Å². The normalized spacial score (nSPS) is 10.5. The second-order valence-electron chi connectivity index (χ2n) is 5.76. The molecule has 0 aliphatic carbocycles. The molecule has 0 bridgehead atoms. The molecule has 0 aliphatic rings. The summed E-state index contributed by atoms with van der Waals surface area (Å²) in [5, 5.41) is 17.9. The Labute approximate surface area is 144 Å². The van der Waals surface area contributed by atoms with Crippen molar-refractivity contribution in [3.8, 4) is 5.69 Å². The van der Waals surface area contributed by atoms with Gasteiger partial charge in [-0.2, -0.15) is 10.2 Å². The molecule has 2 aromatic heterocycles. The van der Waals surface area contributed by atoms with E-state index in [1.54, 1.807) is 25.7 Å². The van der Waals surface area contributed by atoms with Gasteiger partial charge < -0.3 is 0 Å². The molecule has 126 valence electrons. The topological polar surface area (TPSA) is 84.1 Å². The molecule has 0 unspecified atom stereocenters. The van der Waals surface area contributed by atoms with E-state index in [4.69, 9.17) is 0 Å². The third-order valence-corrected chi connectivity index (χ3v) is 3.95. The first-order chi connectivity index (χ1) is 11.9. The molecule has 0 atom stereocenters. The van der Waals surface area contributed by atoms with Gasteiger partial charge in [-0.3, -0.25) is 14.4 Å². The lowest BCUT2D eigenvalue weighted by molar-refractivity contribution is 0.0983. The van der Waals surface area contributed by atoms with Gasteiger partial charge in [0.15, 0.2) is 10.7 Å². The molecule has 0 radical (unpaired) electrons. The third kappa shape index (κ3) is 2.76. The first kappa shape index (κ1) is 16.4. The molecule has 0 spiro atoms. The van der Waals surface area contributed by atoms with E-state index in [0.717, 1.165) is 11.4 Å². The monoisotopic (exact) mass is 336 g/mol. The van der Waals surface area contributed by atoms with Crippen molar-refractivity contribution in [2.45, 2.75) is 13.8 Å². The summed E-state index contributed by atoms with van der Waals surface area (Å²) < 4.78 is 3.12. The first-order valence-corrected chi connectivity index (χ1v) is 7.73. The number of para-hydroxylation sites is 1. The standard InChI is InChI=1S/C17H18N7O/c1-11-10-14(24(20-11)13-8-6-5-7-9-13)22(3)17(25)16-15(19-18)12(2)21-23(16)4/h5-10H,1-4H3/q+1. The van der Waals surface area contributed by atoms with E-state index in [9.17, 15) is 10.2 Å². The summed E-state index contributed by atoms with van der Waals surface area (Å²) in [4.78, 5) is 17.7. The number of anilines is 1. The molecule has 3 aromatic rings. The maximum absolute atomic E-state index is 13.0. The van der Waals surface area contributed by atoms with Crippen LogP contribution in [0.1, 0.15) is 21.9 Å². The molecule has 0 fully saturated rings. The summed E-state index contributed by atoms with van der Waals surface area (Å²) in [5.74, 6) is 0.268. The smallest absolute Gasteiger partial charge is 0.294 e. The van der Waals surface area contributed by atoms with Crippen LogP contribution >= 0.6 is 0 Å². The molecule has 0 aliphatic heterocycles. The average molecular weight is 336 g/mol. The lowest BCUT2D eigenvalue weighted by Crippen LogP contribution is -2.30. The highest BCUT2D eigenvalue weighted by atomic mass is 16.2. The Morgan fingerprint density at radius 2 is 1.88 bits per heavy atom. The molecule has 25 heavy (non-hydrogen) atoms. The van der Waals surface area contributed by atoms with Crippen LogP contribution in [0, 0.1) is 19.2 Å². The van der Waals surface area contributed by atoms with Crippen molar-refractivity contribution in [2.75, 3.05) is 11.9 Å². The van der Waals surface area contributed by atoms with E-state index < -0.39 is 0 Å². The van der Waals surface area contributed by atoms with E-state index in [2.05, 4.69) is 15.2 Å². The van der Waals surface area contributed by atoms with Crippen LogP contribution in [0.25, 0.3) is 10.7 Å². The fraction of sp³-hybridized carbons (Fsp3) is 0.235. The predicted molar refractivity (Wildman–Crippen MR) is 93.7 cm³/mol. The molecule has 3 rings (SSSR count). The molecule has 1 amide bonds. The summed E-state index contributed by atoms with van der Waals surface area (Å²) in [6, 6.07) is 11.4. The van der Waals surface area contributed by atoms with Crippen LogP contribution in [0.2, 0.25) is 0 Å². The lowest BCUT2D eigenvalue weighted by Gasteiger charge is -2.17. The Morgan fingerprint density at radius 1 is 1.20 bits per heavy atom. The van der Waals surface area contributed by atoms with Gasteiger partial charge in [0.05, 0.1) is 11.4 Å². The van der Waals surface area contributed by atoms with E-state index in [-0.39, 0.29) is 17.3 Å². The molecule has 8 nitrogen and oxygen atoms in total. The Kier molecular flexibility index (Phi) is 4.07. The fourth-order valence-electron chi connectivity index (χ4n) is 2.75. The third-order valence-electron chi connectivity index (χ3n) is 3.95. The lowest BCUT2D eigenvalue weighted by atomic mass is 10.2. The van der Waals surface area contributed by atoms with Crippen molar-refractivity contribution in [1.82, 2.24) is 19.6 Å². The molecule has 2 heterocycles. The minimum absolute atomic E-state index is 0.168. The number of aryl methyl sites for hydroxylation is 3. The number of amides is 1. The van der Waals surface area contributed by atoms with E-state index in [0.29, 0.717) is 11.5 Å². The number of benzene rings is 1. The first-order valence-electron chi connectivity index (χ1n) is 7.73. The number of hydrogen-bond donors (Lipinski definition) is 0. The van der Waals surface area contributed by atoms with Crippen molar-refractivity contribution in [3.63, 3.8) is 0 Å². The molecular formula is C17H18N7O+. The van der Waals surface area contributed by atoms with Gasteiger partial charge in [-0.1, -0.05) is 18.2 Å². The minimum Gasteiger partial charge on any atom is -0.294 e. The van der Waals surface area contributed by atoms with Crippen LogP contribution in [-0.2, 0) is 7.05 Å². The van der Waals surface area contributed by atoms with Crippen LogP contribution in [0.4, 0.5) is 11.5 Å². The quantitative estimate of drug-likeness (QED) is 0.688. The van der Waals surface area contributed by atoms with Gasteiger partial charge in [0.25, 0.3) is 5.91 Å². The minimum atomic E-state index is -0.340. The Balaban J connectivity index is 2.07. The molecular weight excluding hydrogens is 318 g/mol. The average Bonchev–Trinajstić information content (AvgIpc) is 3.13. The largest absolute Gasteiger partial charge is 0.438 e. The van der Waals surface area contributed by atoms with Crippen molar-refractivity contribution >= 4 is 17.4 Å². The van der Waals surface area contributed by atoms with Crippen LogP contribution < -0.4 is 4.90 Å². The van der Waals surface area contributed by atoms with E-state index >= 15 is 0 Å². The second-order valence-corrected chi connectivity index (χ2v) is 5.76. The van der Waals surface area contributed by atoms with E-state index in [1.165, 1.54) is 9.58 Å². The predicted octanol–water partition coefficient (Wildman–Crippen LogP) is 2.98. The van der Waals surface area contributed by atoms with Gasteiger partial charge >= 0.3 is 5.69 Å². The number of nitrogens with zero attached hydrogens (tertiary/aromatic N) is 7. The van der Waals surface area contributed by atoms with Crippen molar-refractivity contribution in [1.29, 1.82) is 5.39 Å². The van der Waals surface area contributed by atoms with Gasteiger partial charge in [0, 0.05) is 20.2 Å². The van der Waals surface area contributed by atoms with Gasteiger partial charge in [0.2, 0.25) is 11.1 Å². The zero-order chi connectivity index (χ0) is 18.1. The second kappa shape index (κ2) is 6.20. The van der Waals surface area contributed by atoms with Gasteiger partial charge in [0.1, 0.15) is 5.82 Å². The Morgan fingerprint density at radius 3 is 2.52 bits per heavy atom.